The Bertz CT molecular complexity index is 821. The lowest BCUT2D eigenvalue weighted by Crippen LogP contribution is -2.06. The van der Waals surface area contributed by atoms with E-state index in [2.05, 4.69) is 14.9 Å². The van der Waals surface area contributed by atoms with Crippen molar-refractivity contribution in [3.8, 4) is 11.4 Å². The van der Waals surface area contributed by atoms with Gasteiger partial charge >= 0.3 is 0 Å². The lowest BCUT2D eigenvalue weighted by Gasteiger charge is -2.10. The Morgan fingerprint density at radius 3 is 2.74 bits per heavy atom. The molecule has 0 aliphatic heterocycles. The summed E-state index contributed by atoms with van der Waals surface area (Å²) in [6.07, 6.45) is 3.72. The van der Waals surface area contributed by atoms with Gasteiger partial charge in [0, 0.05) is 42.8 Å². The maximum absolute atomic E-state index is 11.2. The number of aromatic nitrogens is 2. The summed E-state index contributed by atoms with van der Waals surface area (Å²) < 4.78 is 2.07. The van der Waals surface area contributed by atoms with Gasteiger partial charge in [0.2, 0.25) is 5.91 Å². The Labute approximate surface area is 134 Å². The third-order valence-corrected chi connectivity index (χ3v) is 3.49. The van der Waals surface area contributed by atoms with Crippen molar-refractivity contribution in [2.45, 2.75) is 13.5 Å². The van der Waals surface area contributed by atoms with E-state index in [0.717, 1.165) is 28.3 Å². The summed E-state index contributed by atoms with van der Waals surface area (Å²) in [4.78, 5) is 15.7. The van der Waals surface area contributed by atoms with E-state index < -0.39 is 0 Å². The number of rotatable bonds is 4. The largest absolute Gasteiger partial charge is 0.399 e. The fourth-order valence-electron chi connectivity index (χ4n) is 2.46. The molecule has 0 saturated carbocycles. The van der Waals surface area contributed by atoms with Gasteiger partial charge in [-0.2, -0.15) is 0 Å². The van der Waals surface area contributed by atoms with Crippen LogP contribution in [0.15, 0.2) is 60.9 Å². The minimum Gasteiger partial charge on any atom is -0.399 e. The van der Waals surface area contributed by atoms with Gasteiger partial charge in [-0.15, -0.1) is 0 Å². The van der Waals surface area contributed by atoms with Crippen LogP contribution in [0, 0.1) is 0 Å². The first-order valence-corrected chi connectivity index (χ1v) is 7.35. The summed E-state index contributed by atoms with van der Waals surface area (Å²) in [6.45, 7) is 2.20. The summed E-state index contributed by atoms with van der Waals surface area (Å²) in [6, 6.07) is 15.5. The number of hydrogen-bond donors (Lipinski definition) is 2. The number of hydrogen-bond acceptors (Lipinski definition) is 3. The number of carbonyl (C=O) groups excluding carboxylic acids is 1. The lowest BCUT2D eigenvalue weighted by molar-refractivity contribution is -0.114. The zero-order valence-electron chi connectivity index (χ0n) is 12.9. The molecule has 1 heterocycles. The van der Waals surface area contributed by atoms with Crippen molar-refractivity contribution in [1.29, 1.82) is 0 Å². The van der Waals surface area contributed by atoms with Gasteiger partial charge < -0.3 is 15.6 Å². The molecule has 0 unspecified atom stereocenters. The number of anilines is 2. The molecule has 0 aliphatic rings. The Morgan fingerprint density at radius 2 is 2.00 bits per heavy atom. The highest BCUT2D eigenvalue weighted by molar-refractivity contribution is 5.89. The molecular formula is C18H18N4O. The van der Waals surface area contributed by atoms with Crippen LogP contribution >= 0.6 is 0 Å². The van der Waals surface area contributed by atoms with Crippen LogP contribution in [0.3, 0.4) is 0 Å². The minimum absolute atomic E-state index is 0.0904. The minimum atomic E-state index is -0.0904. The van der Waals surface area contributed by atoms with E-state index in [-0.39, 0.29) is 5.91 Å². The van der Waals surface area contributed by atoms with E-state index >= 15 is 0 Å². The third-order valence-electron chi connectivity index (χ3n) is 3.49. The molecule has 0 aliphatic carbocycles. The molecule has 3 N–H and O–H groups in total. The summed E-state index contributed by atoms with van der Waals surface area (Å²) in [7, 11) is 0. The average molecular weight is 306 g/mol. The molecule has 0 bridgehead atoms. The van der Waals surface area contributed by atoms with Gasteiger partial charge in [0.25, 0.3) is 0 Å². The van der Waals surface area contributed by atoms with Crippen LogP contribution in [0.25, 0.3) is 11.4 Å². The van der Waals surface area contributed by atoms with Crippen molar-refractivity contribution in [3.63, 3.8) is 0 Å². The second-order valence-corrected chi connectivity index (χ2v) is 5.38. The van der Waals surface area contributed by atoms with Crippen LogP contribution in [-0.4, -0.2) is 15.5 Å². The second-order valence-electron chi connectivity index (χ2n) is 5.38. The lowest BCUT2D eigenvalue weighted by atomic mass is 10.1. The number of nitrogen functional groups attached to an aromatic ring is 1. The molecule has 0 fully saturated rings. The van der Waals surface area contributed by atoms with Crippen molar-refractivity contribution in [2.75, 3.05) is 11.1 Å². The summed E-state index contributed by atoms with van der Waals surface area (Å²) in [5.74, 6) is 0.765. The topological polar surface area (TPSA) is 72.9 Å². The normalized spacial score (nSPS) is 10.5. The molecule has 3 rings (SSSR count). The van der Waals surface area contributed by atoms with Gasteiger partial charge in [0.05, 0.1) is 0 Å². The molecule has 5 heteroatoms. The van der Waals surface area contributed by atoms with Crippen LogP contribution in [0.5, 0.6) is 0 Å². The van der Waals surface area contributed by atoms with Crippen molar-refractivity contribution in [2.24, 2.45) is 0 Å². The van der Waals surface area contributed by atoms with Crippen molar-refractivity contribution < 1.29 is 4.79 Å². The van der Waals surface area contributed by atoms with E-state index in [9.17, 15) is 4.79 Å². The molecule has 0 saturated heterocycles. The molecular weight excluding hydrogens is 288 g/mol. The predicted octanol–water partition coefficient (Wildman–Crippen LogP) is 3.14. The first-order chi connectivity index (χ1) is 11.1. The summed E-state index contributed by atoms with van der Waals surface area (Å²) in [5, 5.41) is 2.79. The number of imidazole rings is 1. The fourth-order valence-corrected chi connectivity index (χ4v) is 2.46. The zero-order valence-corrected chi connectivity index (χ0v) is 12.9. The van der Waals surface area contributed by atoms with Crippen molar-refractivity contribution in [3.05, 3.63) is 66.5 Å². The Balaban J connectivity index is 1.88. The number of carbonyl (C=O) groups is 1. The van der Waals surface area contributed by atoms with E-state index in [1.165, 1.54) is 6.92 Å². The third kappa shape index (κ3) is 3.58. The quantitative estimate of drug-likeness (QED) is 0.727. The van der Waals surface area contributed by atoms with Gasteiger partial charge in [-0.3, -0.25) is 4.79 Å². The Morgan fingerprint density at radius 1 is 1.22 bits per heavy atom. The predicted molar refractivity (Wildman–Crippen MR) is 91.9 cm³/mol. The van der Waals surface area contributed by atoms with E-state index in [1.54, 1.807) is 6.20 Å². The Hall–Kier alpha value is -3.08. The zero-order chi connectivity index (χ0) is 16.2. The molecule has 0 atom stereocenters. The first kappa shape index (κ1) is 14.8. The van der Waals surface area contributed by atoms with Crippen molar-refractivity contribution in [1.82, 2.24) is 9.55 Å². The van der Waals surface area contributed by atoms with E-state index in [1.807, 2.05) is 54.7 Å². The molecule has 0 spiro atoms. The van der Waals surface area contributed by atoms with E-state index in [0.29, 0.717) is 6.54 Å². The van der Waals surface area contributed by atoms with Crippen LogP contribution < -0.4 is 11.1 Å². The van der Waals surface area contributed by atoms with Gasteiger partial charge in [0.15, 0.2) is 0 Å². The maximum atomic E-state index is 11.2. The van der Waals surface area contributed by atoms with Crippen LogP contribution in [0.2, 0.25) is 0 Å². The molecule has 23 heavy (non-hydrogen) atoms. The first-order valence-electron chi connectivity index (χ1n) is 7.35. The molecule has 5 nitrogen and oxygen atoms in total. The van der Waals surface area contributed by atoms with Gasteiger partial charge in [-0.1, -0.05) is 24.3 Å². The monoisotopic (exact) mass is 306 g/mol. The Kier molecular flexibility index (Phi) is 4.10. The summed E-state index contributed by atoms with van der Waals surface area (Å²) in [5.41, 5.74) is 9.34. The van der Waals surface area contributed by atoms with Crippen molar-refractivity contribution >= 4 is 17.3 Å². The molecule has 0 radical (unpaired) electrons. The fraction of sp³-hybridized carbons (Fsp3) is 0.111. The number of amides is 1. The number of nitrogens with two attached hydrogens (primary N) is 1. The number of nitrogens with one attached hydrogen (secondary N) is 1. The van der Waals surface area contributed by atoms with Crippen LogP contribution in [0.1, 0.15) is 12.5 Å². The van der Waals surface area contributed by atoms with E-state index in [4.69, 9.17) is 5.73 Å². The molecule has 3 aromatic rings. The SMILES string of the molecule is CC(=O)Nc1cccc(-c2nccn2Cc2ccc(N)cc2)c1. The highest BCUT2D eigenvalue weighted by Gasteiger charge is 2.08. The summed E-state index contributed by atoms with van der Waals surface area (Å²) >= 11 is 0. The molecule has 2 aromatic carbocycles. The highest BCUT2D eigenvalue weighted by Crippen LogP contribution is 2.22. The van der Waals surface area contributed by atoms with Crippen LogP contribution in [0.4, 0.5) is 11.4 Å². The second kappa shape index (κ2) is 6.36. The molecule has 1 amide bonds. The number of nitrogens with zero attached hydrogens (tertiary/aromatic N) is 2. The molecule has 1 aromatic heterocycles. The highest BCUT2D eigenvalue weighted by atomic mass is 16.1. The average Bonchev–Trinajstić information content (AvgIpc) is 2.97. The standard InChI is InChI=1S/C18H18N4O/c1-13(23)21-17-4-2-3-15(11-17)18-20-9-10-22(18)12-14-5-7-16(19)8-6-14/h2-11H,12,19H2,1H3,(H,21,23). The van der Waals surface area contributed by atoms with Crippen LogP contribution in [-0.2, 0) is 11.3 Å². The molecule has 116 valence electrons. The maximum Gasteiger partial charge on any atom is 0.221 e. The van der Waals surface area contributed by atoms with Gasteiger partial charge in [-0.25, -0.2) is 4.98 Å². The number of benzene rings is 2. The van der Waals surface area contributed by atoms with Gasteiger partial charge in [0.1, 0.15) is 5.82 Å². The smallest absolute Gasteiger partial charge is 0.221 e. The van der Waals surface area contributed by atoms with Gasteiger partial charge in [-0.05, 0) is 29.8 Å².